The summed E-state index contributed by atoms with van der Waals surface area (Å²) < 4.78 is 5.86. The molecule has 1 aliphatic rings. The van der Waals surface area contributed by atoms with Gasteiger partial charge in [-0.3, -0.25) is 9.69 Å². The number of nitrogens with zero attached hydrogens (tertiary/aromatic N) is 2. The van der Waals surface area contributed by atoms with Crippen LogP contribution in [0.3, 0.4) is 0 Å². The highest BCUT2D eigenvalue weighted by Crippen LogP contribution is 2.53. The van der Waals surface area contributed by atoms with E-state index in [9.17, 15) is 9.90 Å². The van der Waals surface area contributed by atoms with E-state index in [2.05, 4.69) is 67.3 Å². The number of pyridine rings is 1. The number of ether oxygens (including phenoxy) is 1. The smallest absolute Gasteiger partial charge is 0.307 e. The summed E-state index contributed by atoms with van der Waals surface area (Å²) in [6.07, 6.45) is 8.28. The number of aromatic nitrogens is 1. The molecule has 5 rings (SSSR count). The molecule has 0 amide bonds. The molecule has 3 aromatic carbocycles. The number of hydrogen-bond donors (Lipinski definition) is 1. The maximum atomic E-state index is 13.0. The normalized spacial score (nSPS) is 15.3. The highest BCUT2D eigenvalue weighted by atomic mass is 35.5. The molecule has 1 aliphatic carbocycles. The van der Waals surface area contributed by atoms with Crippen molar-refractivity contribution in [3.8, 4) is 0 Å². The molecule has 2 atom stereocenters. The molecule has 4 aromatic rings. The van der Waals surface area contributed by atoms with E-state index >= 15 is 0 Å². The van der Waals surface area contributed by atoms with Gasteiger partial charge in [0.15, 0.2) is 6.23 Å². The van der Waals surface area contributed by atoms with Crippen molar-refractivity contribution in [3.63, 3.8) is 0 Å². The van der Waals surface area contributed by atoms with Gasteiger partial charge in [-0.1, -0.05) is 92.2 Å². The van der Waals surface area contributed by atoms with Crippen molar-refractivity contribution in [1.29, 1.82) is 0 Å². The highest BCUT2D eigenvalue weighted by molar-refractivity contribution is 7.99. The Hall–Kier alpha value is -2.87. The van der Waals surface area contributed by atoms with Crippen molar-refractivity contribution in [1.82, 2.24) is 9.88 Å². The van der Waals surface area contributed by atoms with Gasteiger partial charge in [-0.15, -0.1) is 12.4 Å². The summed E-state index contributed by atoms with van der Waals surface area (Å²) in [6.45, 7) is 11.6. The van der Waals surface area contributed by atoms with Crippen molar-refractivity contribution < 1.29 is 14.6 Å². The summed E-state index contributed by atoms with van der Waals surface area (Å²) in [5.74, 6) is 0.809. The van der Waals surface area contributed by atoms with Crippen LogP contribution in [0.15, 0.2) is 78.9 Å². The first-order valence-corrected chi connectivity index (χ1v) is 18.6. The average Bonchev–Trinajstić information content (AvgIpc) is 3.82. The Bertz CT molecular complexity index is 1730. The lowest BCUT2D eigenvalue weighted by atomic mass is 9.90. The average molecular weight is 722 g/mol. The maximum absolute atomic E-state index is 13.0. The minimum atomic E-state index is -0.910. The van der Waals surface area contributed by atoms with Crippen molar-refractivity contribution in [3.05, 3.63) is 112 Å². The first-order valence-electron chi connectivity index (χ1n) is 17.2. The fourth-order valence-electron chi connectivity index (χ4n) is 6.39. The molecule has 0 spiro atoms. The number of halogens is 2. The first kappa shape index (κ1) is 38.9. The third kappa shape index (κ3) is 10.8. The van der Waals surface area contributed by atoms with E-state index in [1.807, 2.05) is 75.0 Å². The molecule has 1 saturated carbocycles. The first-order chi connectivity index (χ1) is 23.0. The van der Waals surface area contributed by atoms with E-state index in [1.54, 1.807) is 0 Å². The Morgan fingerprint density at radius 1 is 1.04 bits per heavy atom. The van der Waals surface area contributed by atoms with Crippen molar-refractivity contribution in [2.24, 2.45) is 5.41 Å². The number of thioether (sulfide) groups is 1. The van der Waals surface area contributed by atoms with E-state index in [0.29, 0.717) is 11.4 Å². The Morgan fingerprint density at radius 3 is 2.49 bits per heavy atom. The second-order valence-corrected chi connectivity index (χ2v) is 15.2. The molecule has 5 nitrogen and oxygen atoms in total. The molecule has 1 unspecified atom stereocenters. The fraction of sp³-hybridized carbons (Fsp3) is 0.415. The molecule has 0 aliphatic heterocycles. The van der Waals surface area contributed by atoms with Crippen molar-refractivity contribution in [2.75, 3.05) is 18.8 Å². The number of carbonyl (C=O) groups is 1. The van der Waals surface area contributed by atoms with Gasteiger partial charge in [0.1, 0.15) is 0 Å². The highest BCUT2D eigenvalue weighted by Gasteiger charge is 2.45. The summed E-state index contributed by atoms with van der Waals surface area (Å²) in [5, 5.41) is 12.8. The lowest BCUT2D eigenvalue weighted by molar-refractivity contribution is -0.158. The van der Waals surface area contributed by atoms with Crippen LogP contribution in [0.2, 0.25) is 5.02 Å². The van der Waals surface area contributed by atoms with Gasteiger partial charge < -0.3 is 9.84 Å². The number of aliphatic hydroxyl groups is 1. The van der Waals surface area contributed by atoms with Gasteiger partial charge in [-0.05, 0) is 111 Å². The number of fused-ring (bicyclic) bond motifs is 1. The third-order valence-corrected chi connectivity index (χ3v) is 11.4. The molecular formula is C41H50Cl2N2O3S. The zero-order valence-corrected chi connectivity index (χ0v) is 31.7. The van der Waals surface area contributed by atoms with Gasteiger partial charge in [0.05, 0.1) is 23.2 Å². The van der Waals surface area contributed by atoms with Crippen LogP contribution in [0.4, 0.5) is 0 Å². The SMILES string of the molecule is CCN(CC)C(C)OC(=O)CC1(CS[C@H](CCc2ccccc2C(C)(C)O)c2cccc(C=Cc3ccc4ccc(Cl)cc4n3)c2)CC1.Cl. The summed E-state index contributed by atoms with van der Waals surface area (Å²) in [6, 6.07) is 26.8. The molecular weight excluding hydrogens is 671 g/mol. The molecule has 1 aromatic heterocycles. The third-order valence-electron chi connectivity index (χ3n) is 9.45. The lowest BCUT2D eigenvalue weighted by Gasteiger charge is -2.27. The minimum Gasteiger partial charge on any atom is -0.447 e. The Labute approximate surface area is 307 Å². The van der Waals surface area contributed by atoms with Crippen LogP contribution in [-0.2, 0) is 21.6 Å². The second kappa shape index (κ2) is 17.4. The van der Waals surface area contributed by atoms with Gasteiger partial charge in [0.2, 0.25) is 0 Å². The molecule has 1 N–H and O–H groups in total. The molecule has 0 bridgehead atoms. The monoisotopic (exact) mass is 720 g/mol. The van der Waals surface area contributed by atoms with Crippen LogP contribution in [0.25, 0.3) is 23.1 Å². The van der Waals surface area contributed by atoms with E-state index < -0.39 is 5.60 Å². The maximum Gasteiger partial charge on any atom is 0.307 e. The summed E-state index contributed by atoms with van der Waals surface area (Å²) in [5.41, 5.74) is 5.35. The van der Waals surface area contributed by atoms with Gasteiger partial charge >= 0.3 is 5.97 Å². The molecule has 0 radical (unpaired) electrons. The number of hydrogen-bond acceptors (Lipinski definition) is 6. The topological polar surface area (TPSA) is 62.7 Å². The molecule has 8 heteroatoms. The van der Waals surface area contributed by atoms with Crippen molar-refractivity contribution >= 4 is 64.8 Å². The number of carbonyl (C=O) groups excluding carboxylic acids is 1. The molecule has 1 heterocycles. The zero-order chi connectivity index (χ0) is 34.3. The van der Waals surface area contributed by atoms with Crippen LogP contribution in [0.1, 0.15) is 93.5 Å². The largest absolute Gasteiger partial charge is 0.447 e. The van der Waals surface area contributed by atoms with Crippen LogP contribution < -0.4 is 0 Å². The fourth-order valence-corrected chi connectivity index (χ4v) is 8.12. The number of esters is 1. The number of aryl methyl sites for hydroxylation is 1. The van der Waals surface area contributed by atoms with Crippen LogP contribution >= 0.6 is 35.8 Å². The van der Waals surface area contributed by atoms with E-state index in [-0.39, 0.29) is 35.3 Å². The van der Waals surface area contributed by atoms with Crippen LogP contribution in [0.5, 0.6) is 0 Å². The Balaban J connectivity index is 0.00000541. The standard InChI is InChI=1S/C41H49ClN2O3S.ClH/c1-6-44(7-2)29(3)47-39(45)27-41(23-24-41)28-48-38(22-18-31-12-8-9-14-36(31)40(4,5)46)33-13-10-11-30(25-33)15-20-35-21-17-32-16-19-34(42)26-37(32)43-35;/h8-17,19-21,25-26,29,38,46H,6-7,18,22-24,27-28H2,1-5H3;1H/t29?,38-;/m1./s1. The minimum absolute atomic E-state index is 0. The number of benzene rings is 3. The van der Waals surface area contributed by atoms with Gasteiger partial charge in [0.25, 0.3) is 0 Å². The summed E-state index contributed by atoms with van der Waals surface area (Å²) >= 11 is 8.16. The van der Waals surface area contributed by atoms with Crippen molar-refractivity contribution in [2.45, 2.75) is 83.8 Å². The number of rotatable bonds is 16. The van der Waals surface area contributed by atoms with Gasteiger partial charge in [0, 0.05) is 21.4 Å². The van der Waals surface area contributed by atoms with E-state index in [4.69, 9.17) is 21.3 Å². The quantitative estimate of drug-likeness (QED) is 0.0918. The van der Waals surface area contributed by atoms with E-state index in [0.717, 1.165) is 72.2 Å². The zero-order valence-electron chi connectivity index (χ0n) is 29.3. The second-order valence-electron chi connectivity index (χ2n) is 13.6. The van der Waals surface area contributed by atoms with Crippen LogP contribution in [0, 0.1) is 5.41 Å². The predicted molar refractivity (Wildman–Crippen MR) is 209 cm³/mol. The Morgan fingerprint density at radius 2 is 1.78 bits per heavy atom. The molecule has 262 valence electrons. The summed E-state index contributed by atoms with van der Waals surface area (Å²) in [7, 11) is 0. The molecule has 49 heavy (non-hydrogen) atoms. The Kier molecular flexibility index (Phi) is 13.8. The molecule has 1 fully saturated rings. The van der Waals surface area contributed by atoms with Crippen LogP contribution in [-0.4, -0.2) is 46.0 Å². The summed E-state index contributed by atoms with van der Waals surface area (Å²) in [4.78, 5) is 20.0. The molecule has 0 saturated heterocycles. The predicted octanol–water partition coefficient (Wildman–Crippen LogP) is 10.5. The van der Waals surface area contributed by atoms with E-state index in [1.165, 1.54) is 11.1 Å². The van der Waals surface area contributed by atoms with Gasteiger partial charge in [-0.2, -0.15) is 11.8 Å². The van der Waals surface area contributed by atoms with Gasteiger partial charge in [-0.25, -0.2) is 4.98 Å². The lowest BCUT2D eigenvalue weighted by Crippen LogP contribution is -2.36.